The highest BCUT2D eigenvalue weighted by atomic mass is 16.1. The fourth-order valence-electron chi connectivity index (χ4n) is 1.20. The van der Waals surface area contributed by atoms with Crippen LogP contribution in [0.2, 0.25) is 0 Å². The van der Waals surface area contributed by atoms with E-state index in [1.54, 1.807) is 6.08 Å². The molecule has 0 bridgehead atoms. The van der Waals surface area contributed by atoms with E-state index in [-0.39, 0.29) is 11.8 Å². The largest absolute Gasteiger partial charge is 0.352 e. The van der Waals surface area contributed by atoms with Crippen molar-refractivity contribution in [1.82, 2.24) is 5.32 Å². The summed E-state index contributed by atoms with van der Waals surface area (Å²) in [5.74, 6) is 0.485. The van der Waals surface area contributed by atoms with Crippen molar-refractivity contribution in [3.63, 3.8) is 0 Å². The molecule has 13 heavy (non-hydrogen) atoms. The van der Waals surface area contributed by atoms with Crippen molar-refractivity contribution in [3.05, 3.63) is 12.7 Å². The third-order valence-electron chi connectivity index (χ3n) is 1.83. The molecule has 0 aliphatic carbocycles. The lowest BCUT2D eigenvalue weighted by Crippen LogP contribution is -2.35. The molecule has 0 fully saturated rings. The smallest absolute Gasteiger partial charge is 0.224 e. The van der Waals surface area contributed by atoms with Gasteiger partial charge in [0.05, 0.1) is 5.92 Å². The highest BCUT2D eigenvalue weighted by Crippen LogP contribution is 2.10. The Morgan fingerprint density at radius 3 is 2.62 bits per heavy atom. The molecular formula is C10H20N2O. The predicted octanol–water partition coefficient (Wildman–Crippen LogP) is 0.910. The van der Waals surface area contributed by atoms with Gasteiger partial charge in [0.2, 0.25) is 5.91 Å². The van der Waals surface area contributed by atoms with Crippen LogP contribution in [0.25, 0.3) is 0 Å². The van der Waals surface area contributed by atoms with Gasteiger partial charge in [-0.15, -0.1) is 6.58 Å². The second-order valence-electron chi connectivity index (χ2n) is 3.60. The number of hydrogen-bond donors (Lipinski definition) is 2. The number of nitrogens with one attached hydrogen (secondary N) is 1. The molecule has 0 aromatic carbocycles. The van der Waals surface area contributed by atoms with E-state index in [0.717, 1.165) is 6.42 Å². The first-order chi connectivity index (χ1) is 6.11. The number of nitrogens with two attached hydrogens (primary N) is 1. The summed E-state index contributed by atoms with van der Waals surface area (Å²) in [7, 11) is 0. The fourth-order valence-corrected chi connectivity index (χ4v) is 1.20. The molecule has 1 unspecified atom stereocenters. The van der Waals surface area contributed by atoms with Crippen LogP contribution >= 0.6 is 0 Å². The van der Waals surface area contributed by atoms with E-state index in [1.165, 1.54) is 0 Å². The molecule has 3 N–H and O–H groups in total. The van der Waals surface area contributed by atoms with E-state index < -0.39 is 0 Å². The van der Waals surface area contributed by atoms with E-state index in [2.05, 4.69) is 25.7 Å². The zero-order valence-electron chi connectivity index (χ0n) is 8.55. The molecule has 0 aliphatic rings. The van der Waals surface area contributed by atoms with Gasteiger partial charge in [-0.05, 0) is 12.3 Å². The highest BCUT2D eigenvalue weighted by Gasteiger charge is 2.16. The van der Waals surface area contributed by atoms with Gasteiger partial charge in [0.15, 0.2) is 0 Å². The minimum absolute atomic E-state index is 0.0381. The zero-order valence-corrected chi connectivity index (χ0v) is 8.55. The molecule has 0 heterocycles. The van der Waals surface area contributed by atoms with Crippen LogP contribution in [0.3, 0.4) is 0 Å². The topological polar surface area (TPSA) is 55.1 Å². The molecule has 0 spiro atoms. The number of rotatable bonds is 6. The summed E-state index contributed by atoms with van der Waals surface area (Å²) in [6, 6.07) is 0. The van der Waals surface area contributed by atoms with Crippen LogP contribution in [-0.4, -0.2) is 19.0 Å². The van der Waals surface area contributed by atoms with Gasteiger partial charge in [0, 0.05) is 13.1 Å². The minimum Gasteiger partial charge on any atom is -0.352 e. The number of amides is 1. The quantitative estimate of drug-likeness (QED) is 0.603. The van der Waals surface area contributed by atoms with E-state index >= 15 is 0 Å². The molecular weight excluding hydrogens is 164 g/mol. The summed E-state index contributed by atoms with van der Waals surface area (Å²) in [6.45, 7) is 8.65. The summed E-state index contributed by atoms with van der Waals surface area (Å²) in [5.41, 5.74) is 5.51. The summed E-state index contributed by atoms with van der Waals surface area (Å²) >= 11 is 0. The zero-order chi connectivity index (χ0) is 10.3. The summed E-state index contributed by atoms with van der Waals surface area (Å²) in [6.07, 6.45) is 2.51. The maximum absolute atomic E-state index is 11.4. The Morgan fingerprint density at radius 1 is 1.62 bits per heavy atom. The van der Waals surface area contributed by atoms with E-state index in [0.29, 0.717) is 19.0 Å². The SMILES string of the molecule is C=CCNC(=O)C(CN)CC(C)C. The average molecular weight is 184 g/mol. The van der Waals surface area contributed by atoms with E-state index in [1.807, 2.05) is 0 Å². The first-order valence-electron chi connectivity index (χ1n) is 4.70. The maximum atomic E-state index is 11.4. The Bertz CT molecular complexity index is 166. The van der Waals surface area contributed by atoms with Gasteiger partial charge in [0.1, 0.15) is 0 Å². The average Bonchev–Trinajstić information content (AvgIpc) is 2.09. The van der Waals surface area contributed by atoms with Crippen molar-refractivity contribution < 1.29 is 4.79 Å². The molecule has 0 saturated carbocycles. The van der Waals surface area contributed by atoms with Gasteiger partial charge in [-0.2, -0.15) is 0 Å². The number of hydrogen-bond acceptors (Lipinski definition) is 2. The number of carbonyl (C=O) groups is 1. The van der Waals surface area contributed by atoms with Crippen LogP contribution in [-0.2, 0) is 4.79 Å². The molecule has 1 amide bonds. The normalized spacial score (nSPS) is 12.6. The molecule has 3 nitrogen and oxygen atoms in total. The Hall–Kier alpha value is -0.830. The molecule has 0 aromatic heterocycles. The van der Waals surface area contributed by atoms with Crippen molar-refractivity contribution in [2.45, 2.75) is 20.3 Å². The minimum atomic E-state index is -0.0556. The second kappa shape index (κ2) is 6.66. The molecule has 3 heteroatoms. The molecule has 0 radical (unpaired) electrons. The van der Waals surface area contributed by atoms with Gasteiger partial charge in [0.25, 0.3) is 0 Å². The first kappa shape index (κ1) is 12.2. The molecule has 0 rings (SSSR count). The second-order valence-corrected chi connectivity index (χ2v) is 3.60. The van der Waals surface area contributed by atoms with Crippen LogP contribution in [0.4, 0.5) is 0 Å². The Morgan fingerprint density at radius 2 is 2.23 bits per heavy atom. The Balaban J connectivity index is 3.91. The van der Waals surface area contributed by atoms with Crippen molar-refractivity contribution in [2.24, 2.45) is 17.6 Å². The molecule has 0 saturated heterocycles. The highest BCUT2D eigenvalue weighted by molar-refractivity contribution is 5.78. The number of carbonyl (C=O) groups excluding carboxylic acids is 1. The maximum Gasteiger partial charge on any atom is 0.224 e. The van der Waals surface area contributed by atoms with Crippen molar-refractivity contribution in [2.75, 3.05) is 13.1 Å². The van der Waals surface area contributed by atoms with Gasteiger partial charge >= 0.3 is 0 Å². The lowest BCUT2D eigenvalue weighted by molar-refractivity contribution is -0.124. The Kier molecular flexibility index (Phi) is 6.24. The molecule has 76 valence electrons. The van der Waals surface area contributed by atoms with E-state index in [4.69, 9.17) is 5.73 Å². The van der Waals surface area contributed by atoms with Crippen LogP contribution in [0, 0.1) is 11.8 Å². The lowest BCUT2D eigenvalue weighted by atomic mass is 9.96. The summed E-state index contributed by atoms with van der Waals surface area (Å²) < 4.78 is 0. The van der Waals surface area contributed by atoms with E-state index in [9.17, 15) is 4.79 Å². The summed E-state index contributed by atoms with van der Waals surface area (Å²) in [4.78, 5) is 11.4. The van der Waals surface area contributed by atoms with Gasteiger partial charge in [-0.1, -0.05) is 19.9 Å². The van der Waals surface area contributed by atoms with Crippen LogP contribution < -0.4 is 11.1 Å². The molecule has 0 aliphatic heterocycles. The van der Waals surface area contributed by atoms with Crippen LogP contribution in [0.15, 0.2) is 12.7 Å². The summed E-state index contributed by atoms with van der Waals surface area (Å²) in [5, 5.41) is 2.75. The molecule has 0 aromatic rings. The van der Waals surface area contributed by atoms with Crippen molar-refractivity contribution in [3.8, 4) is 0 Å². The standard InChI is InChI=1S/C10H20N2O/c1-4-5-12-10(13)9(7-11)6-8(2)3/h4,8-9H,1,5-7,11H2,2-3H3,(H,12,13). The van der Waals surface area contributed by atoms with Crippen molar-refractivity contribution in [1.29, 1.82) is 0 Å². The van der Waals surface area contributed by atoms with Crippen LogP contribution in [0.5, 0.6) is 0 Å². The van der Waals surface area contributed by atoms with Crippen LogP contribution in [0.1, 0.15) is 20.3 Å². The third kappa shape index (κ3) is 5.42. The van der Waals surface area contributed by atoms with Crippen molar-refractivity contribution >= 4 is 5.91 Å². The monoisotopic (exact) mass is 184 g/mol. The predicted molar refractivity (Wildman–Crippen MR) is 55.2 cm³/mol. The molecule has 1 atom stereocenters. The van der Waals surface area contributed by atoms with Gasteiger partial charge < -0.3 is 11.1 Å². The van der Waals surface area contributed by atoms with Gasteiger partial charge in [-0.25, -0.2) is 0 Å². The first-order valence-corrected chi connectivity index (χ1v) is 4.70. The Labute approximate surface area is 80.4 Å². The lowest BCUT2D eigenvalue weighted by Gasteiger charge is -2.15. The fraction of sp³-hybridized carbons (Fsp3) is 0.700. The third-order valence-corrected chi connectivity index (χ3v) is 1.83. The van der Waals surface area contributed by atoms with Gasteiger partial charge in [-0.3, -0.25) is 4.79 Å².